The molecule has 0 bridgehead atoms. The lowest BCUT2D eigenvalue weighted by molar-refractivity contribution is -0.144. The molecule has 0 radical (unpaired) electrons. The first-order valence-corrected chi connectivity index (χ1v) is 12.9. The normalized spacial score (nSPS) is 25.5. The number of benzene rings is 3. The van der Waals surface area contributed by atoms with Crippen molar-refractivity contribution in [1.29, 1.82) is 0 Å². The Hall–Kier alpha value is -4.37. The summed E-state index contributed by atoms with van der Waals surface area (Å²) >= 11 is 0. The lowest BCUT2D eigenvalue weighted by Gasteiger charge is -2.30. The van der Waals surface area contributed by atoms with Gasteiger partial charge in [-0.3, -0.25) is 29.4 Å². The van der Waals surface area contributed by atoms with Crippen LogP contribution in [0, 0.1) is 17.7 Å². The van der Waals surface area contributed by atoms with Crippen molar-refractivity contribution >= 4 is 29.4 Å². The fourth-order valence-electron chi connectivity index (χ4n) is 6.41. The molecule has 3 aliphatic rings. The van der Waals surface area contributed by atoms with Crippen molar-refractivity contribution in [3.8, 4) is 0 Å². The molecule has 3 aromatic carbocycles. The molecular weight excluding hydrogens is 501 g/mol. The number of amides is 3. The molecule has 4 atom stereocenters. The van der Waals surface area contributed by atoms with Crippen LogP contribution < -0.4 is 10.2 Å². The average Bonchev–Trinajstić information content (AvgIpc) is 3.49. The number of fused-ring (bicyclic) bond motifs is 4. The zero-order valence-corrected chi connectivity index (χ0v) is 20.9. The third-order valence-electron chi connectivity index (χ3n) is 8.10. The maximum atomic E-state index is 14.6. The van der Waals surface area contributed by atoms with Gasteiger partial charge in [-0.25, -0.2) is 4.39 Å². The van der Waals surface area contributed by atoms with Crippen molar-refractivity contribution in [2.24, 2.45) is 11.8 Å². The zero-order valence-electron chi connectivity index (χ0n) is 20.9. The average molecular weight is 528 g/mol. The molecule has 2 N–H and O–H groups in total. The maximum absolute atomic E-state index is 14.6. The molecule has 0 aromatic heterocycles. The van der Waals surface area contributed by atoms with Gasteiger partial charge in [-0.15, -0.1) is 0 Å². The lowest BCUT2D eigenvalue weighted by atomic mass is 9.76. The molecule has 6 rings (SSSR count). The molecule has 198 valence electrons. The molecule has 1 spiro atoms. The van der Waals surface area contributed by atoms with E-state index in [1.807, 2.05) is 30.3 Å². The SMILES string of the molecule is O=C(O)CC[C@@H]1N[C@@]2(C(=O)N(Cc3ccccc3F)c3ccccc32)[C@@H]2C(=O)N(Cc3ccccc3)C(=O)[C@H]12. The van der Waals surface area contributed by atoms with Gasteiger partial charge in [-0.05, 0) is 24.1 Å². The van der Waals surface area contributed by atoms with Gasteiger partial charge in [0.1, 0.15) is 11.4 Å². The number of rotatable bonds is 7. The second-order valence-electron chi connectivity index (χ2n) is 10.2. The van der Waals surface area contributed by atoms with E-state index in [9.17, 15) is 28.7 Å². The third-order valence-corrected chi connectivity index (χ3v) is 8.10. The number of imide groups is 1. The van der Waals surface area contributed by atoms with Crippen molar-refractivity contribution in [2.45, 2.75) is 37.5 Å². The number of para-hydroxylation sites is 1. The lowest BCUT2D eigenvalue weighted by Crippen LogP contribution is -2.55. The van der Waals surface area contributed by atoms with Crippen LogP contribution in [0.25, 0.3) is 0 Å². The van der Waals surface area contributed by atoms with Crippen molar-refractivity contribution in [3.63, 3.8) is 0 Å². The fraction of sp³-hybridized carbons (Fsp3) is 0.267. The minimum atomic E-state index is -1.58. The molecular formula is C30H26FN3O5. The summed E-state index contributed by atoms with van der Waals surface area (Å²) in [5.41, 5.74) is 0.560. The van der Waals surface area contributed by atoms with Crippen LogP contribution in [-0.2, 0) is 37.8 Å². The van der Waals surface area contributed by atoms with Crippen molar-refractivity contribution in [3.05, 3.63) is 101 Å². The summed E-state index contributed by atoms with van der Waals surface area (Å²) < 4.78 is 14.6. The van der Waals surface area contributed by atoms with Crippen LogP contribution in [0.1, 0.15) is 29.5 Å². The Labute approximate surface area is 224 Å². The van der Waals surface area contributed by atoms with E-state index in [4.69, 9.17) is 0 Å². The summed E-state index contributed by atoms with van der Waals surface area (Å²) in [6, 6.07) is 21.6. The van der Waals surface area contributed by atoms with Crippen LogP contribution in [0.3, 0.4) is 0 Å². The third kappa shape index (κ3) is 3.84. The molecule has 3 aliphatic heterocycles. The quantitative estimate of drug-likeness (QED) is 0.457. The number of nitrogens with zero attached hydrogens (tertiary/aromatic N) is 2. The predicted octanol–water partition coefficient (Wildman–Crippen LogP) is 3.21. The van der Waals surface area contributed by atoms with E-state index < -0.39 is 52.9 Å². The van der Waals surface area contributed by atoms with E-state index in [1.165, 1.54) is 15.9 Å². The molecule has 3 amide bonds. The van der Waals surface area contributed by atoms with Gasteiger partial charge >= 0.3 is 5.97 Å². The van der Waals surface area contributed by atoms with Gasteiger partial charge in [0, 0.05) is 29.3 Å². The highest BCUT2D eigenvalue weighted by Crippen LogP contribution is 2.55. The molecule has 39 heavy (non-hydrogen) atoms. The molecule has 3 heterocycles. The van der Waals surface area contributed by atoms with Crippen LogP contribution in [0.4, 0.5) is 10.1 Å². The van der Waals surface area contributed by atoms with E-state index >= 15 is 0 Å². The molecule has 2 fully saturated rings. The molecule has 0 aliphatic carbocycles. The van der Waals surface area contributed by atoms with Gasteiger partial charge < -0.3 is 10.0 Å². The first-order chi connectivity index (χ1) is 18.8. The number of anilines is 1. The van der Waals surface area contributed by atoms with E-state index in [0.29, 0.717) is 16.8 Å². The Bertz CT molecular complexity index is 1490. The monoisotopic (exact) mass is 527 g/mol. The number of likely N-dealkylation sites (tertiary alicyclic amines) is 1. The molecule has 2 saturated heterocycles. The first-order valence-electron chi connectivity index (χ1n) is 12.9. The van der Waals surface area contributed by atoms with Crippen LogP contribution in [-0.4, -0.2) is 39.7 Å². The largest absolute Gasteiger partial charge is 0.481 e. The van der Waals surface area contributed by atoms with E-state index in [-0.39, 0.29) is 25.9 Å². The Morgan fingerprint density at radius 2 is 1.56 bits per heavy atom. The summed E-state index contributed by atoms with van der Waals surface area (Å²) in [6.07, 6.45) is -0.162. The van der Waals surface area contributed by atoms with E-state index in [0.717, 1.165) is 5.56 Å². The topological polar surface area (TPSA) is 107 Å². The van der Waals surface area contributed by atoms with Gasteiger partial charge in [0.25, 0.3) is 5.91 Å². The second-order valence-corrected chi connectivity index (χ2v) is 10.2. The molecule has 3 aromatic rings. The highest BCUT2D eigenvalue weighted by atomic mass is 19.1. The van der Waals surface area contributed by atoms with Gasteiger partial charge in [0.05, 0.1) is 24.9 Å². The van der Waals surface area contributed by atoms with Crippen LogP contribution in [0.5, 0.6) is 0 Å². The molecule has 9 heteroatoms. The predicted molar refractivity (Wildman–Crippen MR) is 138 cm³/mol. The summed E-state index contributed by atoms with van der Waals surface area (Å²) in [5.74, 6) is -4.82. The smallest absolute Gasteiger partial charge is 0.303 e. The van der Waals surface area contributed by atoms with Gasteiger partial charge in [-0.2, -0.15) is 0 Å². The Morgan fingerprint density at radius 1 is 0.872 bits per heavy atom. The number of aliphatic carboxylic acids is 1. The molecule has 0 saturated carbocycles. The van der Waals surface area contributed by atoms with Crippen molar-refractivity contribution in [2.75, 3.05) is 4.90 Å². The highest BCUT2D eigenvalue weighted by Gasteiger charge is 2.71. The standard InChI is InChI=1S/C30H26FN3O5/c31-21-12-6-4-10-19(21)17-33-23-13-7-5-11-20(23)30(29(33)39)26-25(22(32-30)14-15-24(35)36)27(37)34(28(26)38)16-18-8-2-1-3-9-18/h1-13,22,25-26,32H,14-17H2,(H,35,36)/t22-,25+,26-,30+/m0/s1. The zero-order chi connectivity index (χ0) is 27.3. The fourth-order valence-corrected chi connectivity index (χ4v) is 6.41. The summed E-state index contributed by atoms with van der Waals surface area (Å²) in [5, 5.41) is 12.7. The number of hydrogen-bond donors (Lipinski definition) is 2. The van der Waals surface area contributed by atoms with E-state index in [2.05, 4.69) is 5.32 Å². The minimum absolute atomic E-state index is 0.0566. The maximum Gasteiger partial charge on any atom is 0.303 e. The van der Waals surface area contributed by atoms with Crippen molar-refractivity contribution in [1.82, 2.24) is 10.2 Å². The summed E-state index contributed by atoms with van der Waals surface area (Å²) in [7, 11) is 0. The Kier molecular flexibility index (Phi) is 6.03. The second kappa shape index (κ2) is 9.43. The number of hydrogen-bond acceptors (Lipinski definition) is 5. The molecule has 8 nitrogen and oxygen atoms in total. The number of nitrogens with one attached hydrogen (secondary N) is 1. The summed E-state index contributed by atoms with van der Waals surface area (Å²) in [6.45, 7) is 0.00100. The number of carboxylic acid groups (broad SMARTS) is 1. The number of carboxylic acids is 1. The first kappa shape index (κ1) is 24.9. The van der Waals surface area contributed by atoms with E-state index in [1.54, 1.807) is 42.5 Å². The van der Waals surface area contributed by atoms with Gasteiger partial charge in [0.2, 0.25) is 11.8 Å². The Morgan fingerprint density at radius 3 is 2.31 bits per heavy atom. The van der Waals surface area contributed by atoms with Crippen molar-refractivity contribution < 1.29 is 28.7 Å². The summed E-state index contributed by atoms with van der Waals surface area (Å²) in [4.78, 5) is 56.3. The van der Waals surface area contributed by atoms with Crippen LogP contribution in [0.2, 0.25) is 0 Å². The number of carbonyl (C=O) groups is 4. The molecule has 0 unspecified atom stereocenters. The van der Waals surface area contributed by atoms with Crippen LogP contribution in [0.15, 0.2) is 78.9 Å². The highest BCUT2D eigenvalue weighted by molar-refractivity contribution is 6.16. The van der Waals surface area contributed by atoms with Crippen LogP contribution >= 0.6 is 0 Å². The Balaban J connectivity index is 1.44. The van der Waals surface area contributed by atoms with Gasteiger partial charge in [-0.1, -0.05) is 66.7 Å². The number of carbonyl (C=O) groups excluding carboxylic acids is 3. The number of halogens is 1. The minimum Gasteiger partial charge on any atom is -0.481 e. The van der Waals surface area contributed by atoms with Gasteiger partial charge in [0.15, 0.2) is 0 Å².